The summed E-state index contributed by atoms with van der Waals surface area (Å²) in [5, 5.41) is 5.77. The van der Waals surface area contributed by atoms with Crippen LogP contribution in [0, 0.1) is 0 Å². The van der Waals surface area contributed by atoms with Crippen LogP contribution in [-0.2, 0) is 0 Å². The Hall–Kier alpha value is -2.10. The Morgan fingerprint density at radius 3 is 2.48 bits per heavy atom. The third-order valence-electron chi connectivity index (χ3n) is 3.73. The number of nitrogens with one attached hydrogen (secondary N) is 2. The van der Waals surface area contributed by atoms with Crippen LogP contribution in [0.1, 0.15) is 52.8 Å². The number of amides is 2. The van der Waals surface area contributed by atoms with Crippen LogP contribution in [0.5, 0.6) is 0 Å². The first-order valence-electron chi connectivity index (χ1n) is 7.50. The van der Waals surface area contributed by atoms with Gasteiger partial charge in [-0.2, -0.15) is 0 Å². The first kappa shape index (κ1) is 15.3. The van der Waals surface area contributed by atoms with E-state index in [1.807, 2.05) is 0 Å². The third-order valence-corrected chi connectivity index (χ3v) is 3.73. The second-order valence-electron chi connectivity index (χ2n) is 5.39. The summed E-state index contributed by atoms with van der Waals surface area (Å²) in [7, 11) is 0. The smallest absolute Gasteiger partial charge is 0.251 e. The van der Waals surface area contributed by atoms with E-state index in [0.29, 0.717) is 17.7 Å². The minimum atomic E-state index is -0.192. The zero-order valence-electron chi connectivity index (χ0n) is 12.2. The van der Waals surface area contributed by atoms with Crippen molar-refractivity contribution >= 4 is 11.8 Å². The van der Waals surface area contributed by atoms with Gasteiger partial charge in [-0.1, -0.05) is 31.4 Å². The molecule has 0 atom stereocenters. The molecule has 21 heavy (non-hydrogen) atoms. The van der Waals surface area contributed by atoms with Gasteiger partial charge in [0, 0.05) is 23.7 Å². The molecule has 0 unspecified atom stereocenters. The van der Waals surface area contributed by atoms with Crippen LogP contribution in [0.25, 0.3) is 0 Å². The van der Waals surface area contributed by atoms with Gasteiger partial charge in [0.05, 0.1) is 0 Å². The molecule has 0 bridgehead atoms. The lowest BCUT2D eigenvalue weighted by Crippen LogP contribution is -2.36. The van der Waals surface area contributed by atoms with E-state index in [4.69, 9.17) is 0 Å². The molecule has 0 aromatic heterocycles. The molecule has 2 amide bonds. The molecule has 1 fully saturated rings. The van der Waals surface area contributed by atoms with Crippen molar-refractivity contribution in [3.63, 3.8) is 0 Å². The lowest BCUT2D eigenvalue weighted by atomic mass is 9.95. The number of carbonyl (C=O) groups excluding carboxylic acids is 2. The van der Waals surface area contributed by atoms with Crippen molar-refractivity contribution in [3.05, 3.63) is 48.0 Å². The molecule has 112 valence electrons. The van der Waals surface area contributed by atoms with Crippen LogP contribution in [0.3, 0.4) is 0 Å². The van der Waals surface area contributed by atoms with Crippen molar-refractivity contribution < 1.29 is 9.59 Å². The highest BCUT2D eigenvalue weighted by molar-refractivity contribution is 5.99. The number of hydrogen-bond donors (Lipinski definition) is 2. The van der Waals surface area contributed by atoms with Crippen molar-refractivity contribution in [2.45, 2.75) is 38.1 Å². The van der Waals surface area contributed by atoms with Gasteiger partial charge in [0.1, 0.15) is 0 Å². The lowest BCUT2D eigenvalue weighted by molar-refractivity contribution is 0.0927. The molecule has 4 nitrogen and oxygen atoms in total. The van der Waals surface area contributed by atoms with Crippen molar-refractivity contribution in [1.82, 2.24) is 10.6 Å². The number of hydrogen-bond acceptors (Lipinski definition) is 2. The molecule has 1 aromatic carbocycles. The highest BCUT2D eigenvalue weighted by Crippen LogP contribution is 2.18. The normalized spacial score (nSPS) is 15.2. The molecule has 4 heteroatoms. The molecule has 0 aliphatic heterocycles. The first-order valence-corrected chi connectivity index (χ1v) is 7.50. The van der Waals surface area contributed by atoms with Gasteiger partial charge >= 0.3 is 0 Å². The molecule has 0 saturated heterocycles. The molecule has 1 aromatic rings. The molecular weight excluding hydrogens is 264 g/mol. The van der Waals surface area contributed by atoms with E-state index < -0.39 is 0 Å². The summed E-state index contributed by atoms with van der Waals surface area (Å²) in [4.78, 5) is 24.1. The Bertz CT molecular complexity index is 519. The Balaban J connectivity index is 2.00. The second-order valence-corrected chi connectivity index (χ2v) is 5.39. The lowest BCUT2D eigenvalue weighted by Gasteiger charge is -2.22. The van der Waals surface area contributed by atoms with Crippen molar-refractivity contribution in [3.8, 4) is 0 Å². The number of carbonyl (C=O) groups is 2. The summed E-state index contributed by atoms with van der Waals surface area (Å²) in [5.41, 5.74) is 1.03. The molecule has 2 N–H and O–H groups in total. The third kappa shape index (κ3) is 4.45. The predicted octanol–water partition coefficient (Wildman–Crippen LogP) is 2.66. The van der Waals surface area contributed by atoms with E-state index in [2.05, 4.69) is 17.2 Å². The second kappa shape index (κ2) is 7.62. The Morgan fingerprint density at radius 2 is 1.81 bits per heavy atom. The van der Waals surface area contributed by atoms with E-state index in [1.54, 1.807) is 30.3 Å². The number of rotatable bonds is 5. The van der Waals surface area contributed by atoms with Gasteiger partial charge in [0.2, 0.25) is 0 Å². The SMILES string of the molecule is C=CCNC(=O)c1cccc(C(=O)NC2CCCCC2)c1. The van der Waals surface area contributed by atoms with E-state index in [9.17, 15) is 9.59 Å². The maximum Gasteiger partial charge on any atom is 0.251 e. The minimum absolute atomic E-state index is 0.0970. The van der Waals surface area contributed by atoms with Crippen molar-refractivity contribution in [1.29, 1.82) is 0 Å². The van der Waals surface area contributed by atoms with Crippen LogP contribution in [0.15, 0.2) is 36.9 Å². The van der Waals surface area contributed by atoms with Crippen molar-refractivity contribution in [2.24, 2.45) is 0 Å². The summed E-state index contributed by atoms with van der Waals surface area (Å²) in [5.74, 6) is -0.289. The summed E-state index contributed by atoms with van der Waals surface area (Å²) in [6, 6.07) is 7.08. The van der Waals surface area contributed by atoms with Crippen LogP contribution in [0.2, 0.25) is 0 Å². The van der Waals surface area contributed by atoms with E-state index in [-0.39, 0.29) is 17.9 Å². The van der Waals surface area contributed by atoms with E-state index >= 15 is 0 Å². The molecule has 1 aliphatic carbocycles. The monoisotopic (exact) mass is 286 g/mol. The van der Waals surface area contributed by atoms with Crippen LogP contribution in [0.4, 0.5) is 0 Å². The Kier molecular flexibility index (Phi) is 5.55. The average molecular weight is 286 g/mol. The van der Waals surface area contributed by atoms with Gasteiger partial charge in [-0.3, -0.25) is 9.59 Å². The molecule has 0 spiro atoms. The van der Waals surface area contributed by atoms with Gasteiger partial charge in [-0.05, 0) is 31.0 Å². The quantitative estimate of drug-likeness (QED) is 0.818. The molecular formula is C17H22N2O2. The van der Waals surface area contributed by atoms with Gasteiger partial charge in [-0.25, -0.2) is 0 Å². The van der Waals surface area contributed by atoms with Crippen molar-refractivity contribution in [2.75, 3.05) is 6.54 Å². The first-order chi connectivity index (χ1) is 10.2. The summed E-state index contributed by atoms with van der Waals surface area (Å²) in [6.07, 6.45) is 7.32. The van der Waals surface area contributed by atoms with Crippen LogP contribution >= 0.6 is 0 Å². The fraction of sp³-hybridized carbons (Fsp3) is 0.412. The zero-order valence-corrected chi connectivity index (χ0v) is 12.2. The maximum atomic E-state index is 12.2. The minimum Gasteiger partial charge on any atom is -0.349 e. The van der Waals surface area contributed by atoms with Gasteiger partial charge in [-0.15, -0.1) is 6.58 Å². The Morgan fingerprint density at radius 1 is 1.14 bits per heavy atom. The zero-order chi connectivity index (χ0) is 15.1. The fourth-order valence-electron chi connectivity index (χ4n) is 2.58. The maximum absolute atomic E-state index is 12.2. The standard InChI is InChI=1S/C17H22N2O2/c1-2-11-18-16(20)13-7-6-8-14(12-13)17(21)19-15-9-4-3-5-10-15/h2,6-8,12,15H,1,3-5,9-11H2,(H,18,20)(H,19,21). The largest absolute Gasteiger partial charge is 0.349 e. The average Bonchev–Trinajstić information content (AvgIpc) is 2.53. The summed E-state index contributed by atoms with van der Waals surface area (Å²) >= 11 is 0. The molecule has 2 rings (SSSR count). The van der Waals surface area contributed by atoms with Crippen LogP contribution < -0.4 is 10.6 Å². The topological polar surface area (TPSA) is 58.2 Å². The fourth-order valence-corrected chi connectivity index (χ4v) is 2.58. The molecule has 0 radical (unpaired) electrons. The van der Waals surface area contributed by atoms with Crippen LogP contribution in [-0.4, -0.2) is 24.4 Å². The highest BCUT2D eigenvalue weighted by atomic mass is 16.2. The highest BCUT2D eigenvalue weighted by Gasteiger charge is 2.17. The van der Waals surface area contributed by atoms with Gasteiger partial charge < -0.3 is 10.6 Å². The summed E-state index contributed by atoms with van der Waals surface area (Å²) in [6.45, 7) is 3.97. The van der Waals surface area contributed by atoms with E-state index in [0.717, 1.165) is 12.8 Å². The number of benzene rings is 1. The molecule has 0 heterocycles. The molecule has 1 aliphatic rings. The van der Waals surface area contributed by atoms with E-state index in [1.165, 1.54) is 19.3 Å². The molecule has 1 saturated carbocycles. The van der Waals surface area contributed by atoms with Gasteiger partial charge in [0.25, 0.3) is 11.8 Å². The summed E-state index contributed by atoms with van der Waals surface area (Å²) < 4.78 is 0. The predicted molar refractivity (Wildman–Crippen MR) is 83.3 cm³/mol. The van der Waals surface area contributed by atoms with Gasteiger partial charge in [0.15, 0.2) is 0 Å². The Labute approximate surface area is 125 Å².